The van der Waals surface area contributed by atoms with E-state index in [1.165, 1.54) is 83.5 Å². The van der Waals surface area contributed by atoms with E-state index in [0.717, 1.165) is 51.4 Å². The van der Waals surface area contributed by atoms with Gasteiger partial charge in [-0.1, -0.05) is 153 Å². The summed E-state index contributed by atoms with van der Waals surface area (Å²) in [6.45, 7) is 1.62. The van der Waals surface area contributed by atoms with E-state index in [4.69, 9.17) is 28.4 Å². The van der Waals surface area contributed by atoms with Crippen LogP contribution in [0.15, 0.2) is 36.5 Å². The first-order valence-corrected chi connectivity index (χ1v) is 27.7. The number of rotatable bonds is 39. The van der Waals surface area contributed by atoms with Gasteiger partial charge in [0.1, 0.15) is 73.2 Å². The van der Waals surface area contributed by atoms with Crippen LogP contribution in [0.25, 0.3) is 0 Å². The number of hydrogen-bond acceptors (Lipinski definition) is 18. The molecule has 3 fully saturated rings. The summed E-state index contributed by atoms with van der Waals surface area (Å²) in [7, 11) is 0. The van der Waals surface area contributed by atoms with Crippen LogP contribution in [-0.4, -0.2) is 193 Å². The van der Waals surface area contributed by atoms with Gasteiger partial charge >= 0.3 is 0 Å². The fraction of sp³-hybridized carbons (Fsp3) is 0.870. The minimum Gasteiger partial charge on any atom is -0.394 e. The zero-order valence-corrected chi connectivity index (χ0v) is 43.9. The lowest BCUT2D eigenvalue weighted by molar-refractivity contribution is -0.379. The van der Waals surface area contributed by atoms with Crippen LogP contribution in [0.2, 0.25) is 0 Å². The van der Waals surface area contributed by atoms with Gasteiger partial charge in [-0.2, -0.15) is 0 Å². The quantitative estimate of drug-likeness (QED) is 0.0310. The van der Waals surface area contributed by atoms with Crippen molar-refractivity contribution in [1.82, 2.24) is 5.32 Å². The molecule has 426 valence electrons. The Balaban J connectivity index is 1.53. The number of carbonyl (C=O) groups is 1. The van der Waals surface area contributed by atoms with E-state index in [0.29, 0.717) is 12.8 Å². The molecule has 0 radical (unpaired) electrons. The summed E-state index contributed by atoms with van der Waals surface area (Å²) in [5.41, 5.74) is 0. The number of carbonyl (C=O) groups excluding carboxylic acids is 1. The van der Waals surface area contributed by atoms with Crippen molar-refractivity contribution < 1.29 is 89.4 Å². The second-order valence-corrected chi connectivity index (χ2v) is 20.0. The summed E-state index contributed by atoms with van der Waals surface area (Å²) < 4.78 is 34.1. The Morgan fingerprint density at radius 2 is 0.877 bits per heavy atom. The van der Waals surface area contributed by atoms with E-state index in [2.05, 4.69) is 43.5 Å². The van der Waals surface area contributed by atoms with Crippen molar-refractivity contribution >= 4 is 5.91 Å². The zero-order valence-electron chi connectivity index (χ0n) is 43.9. The molecule has 0 aromatic carbocycles. The number of ether oxygens (including phenoxy) is 6. The van der Waals surface area contributed by atoms with Crippen molar-refractivity contribution in [3.63, 3.8) is 0 Å². The summed E-state index contributed by atoms with van der Waals surface area (Å²) in [6, 6.07) is -0.990. The molecule has 0 bridgehead atoms. The van der Waals surface area contributed by atoms with Crippen LogP contribution in [-0.2, 0) is 33.2 Å². The number of unbranched alkanes of at least 4 members (excludes halogenated alkanes) is 19. The van der Waals surface area contributed by atoms with Crippen LogP contribution in [0.4, 0.5) is 0 Å². The van der Waals surface area contributed by atoms with Crippen LogP contribution >= 0.6 is 0 Å². The molecule has 73 heavy (non-hydrogen) atoms. The molecular weight excluding hydrogens is 951 g/mol. The zero-order chi connectivity index (χ0) is 53.4. The van der Waals surface area contributed by atoms with Gasteiger partial charge in [0, 0.05) is 6.42 Å². The normalized spacial score (nSPS) is 32.0. The minimum absolute atomic E-state index is 0.232. The number of allylic oxidation sites excluding steroid dienone is 5. The summed E-state index contributed by atoms with van der Waals surface area (Å²) in [5, 5.41) is 120. The maximum atomic E-state index is 13.2. The van der Waals surface area contributed by atoms with E-state index in [1.54, 1.807) is 6.08 Å². The van der Waals surface area contributed by atoms with Crippen LogP contribution < -0.4 is 5.32 Å². The second kappa shape index (κ2) is 38.5. The fourth-order valence-corrected chi connectivity index (χ4v) is 9.28. The molecule has 0 aromatic rings. The molecule has 19 heteroatoms. The van der Waals surface area contributed by atoms with Crippen molar-refractivity contribution in [2.75, 3.05) is 26.4 Å². The summed E-state index contributed by atoms with van der Waals surface area (Å²) in [4.78, 5) is 13.2. The molecule has 0 spiro atoms. The van der Waals surface area contributed by atoms with Gasteiger partial charge in [-0.15, -0.1) is 0 Å². The average molecular weight is 1050 g/mol. The smallest absolute Gasteiger partial charge is 0.220 e. The van der Waals surface area contributed by atoms with Crippen molar-refractivity contribution in [1.29, 1.82) is 0 Å². The van der Waals surface area contributed by atoms with Crippen molar-refractivity contribution in [3.8, 4) is 0 Å². The first kappa shape index (κ1) is 65.3. The minimum atomic E-state index is -1.98. The monoisotopic (exact) mass is 1050 g/mol. The Kier molecular flexibility index (Phi) is 34.5. The maximum absolute atomic E-state index is 13.2. The van der Waals surface area contributed by atoms with Gasteiger partial charge in [-0.25, -0.2) is 0 Å². The highest BCUT2D eigenvalue weighted by atomic mass is 16.8. The number of aliphatic hydroxyl groups is 11. The standard InChI is InChI=1S/C54H97NO18/c1-3-5-7-9-11-13-14-15-16-17-18-19-20-21-22-23-24-25-27-29-31-38(59)37(55-42(60)32-30-28-26-12-10-8-6-4-2)36-68-52-48(66)45(63)50(40(34-57)70-52)73-54-49(67)46(64)51(41(35-58)71-54)72-53-47(65)44(62)43(61)39(33-56)69-53/h19-20,23-24,29,31,37-41,43-54,56-59,61-67H,3-18,21-22,25-28,30,32-36H2,1-2H3,(H,55,60)/b20-19+,24-23+,31-29+. The first-order chi connectivity index (χ1) is 35.3. The Bertz CT molecular complexity index is 1490. The van der Waals surface area contributed by atoms with Gasteiger partial charge in [0.2, 0.25) is 5.91 Å². The van der Waals surface area contributed by atoms with Gasteiger partial charge in [0.15, 0.2) is 18.9 Å². The summed E-state index contributed by atoms with van der Waals surface area (Å²) in [5.74, 6) is -0.297. The maximum Gasteiger partial charge on any atom is 0.220 e. The van der Waals surface area contributed by atoms with Crippen molar-refractivity contribution in [2.45, 2.75) is 272 Å². The Morgan fingerprint density at radius 1 is 0.479 bits per heavy atom. The molecular formula is C54H97NO18. The highest BCUT2D eigenvalue weighted by Crippen LogP contribution is 2.33. The van der Waals surface area contributed by atoms with Crippen LogP contribution in [0.5, 0.6) is 0 Å². The number of amides is 1. The van der Waals surface area contributed by atoms with Gasteiger partial charge in [0.05, 0.1) is 38.6 Å². The molecule has 3 aliphatic rings. The van der Waals surface area contributed by atoms with Gasteiger partial charge in [-0.05, 0) is 44.9 Å². The largest absolute Gasteiger partial charge is 0.394 e. The highest BCUT2D eigenvalue weighted by molar-refractivity contribution is 5.76. The van der Waals surface area contributed by atoms with E-state index in [1.807, 2.05) is 6.08 Å². The topological polar surface area (TPSA) is 307 Å². The Labute approximate surface area is 434 Å². The SMILES string of the molecule is CCCCCCCCCCCC/C=C/CC/C=C/CC/C=C/C(O)C(COC1OC(CO)C(OC2OC(CO)C(OC3OC(CO)C(O)C(O)C3O)C(O)C2O)C(O)C1O)NC(=O)CCCCCCCCCC. The molecule has 17 atom stereocenters. The van der Waals surface area contributed by atoms with Crippen molar-refractivity contribution in [3.05, 3.63) is 36.5 Å². The molecule has 3 rings (SSSR count). The first-order valence-electron chi connectivity index (χ1n) is 27.7. The van der Waals surface area contributed by atoms with Gasteiger partial charge in [-0.3, -0.25) is 4.79 Å². The predicted molar refractivity (Wildman–Crippen MR) is 272 cm³/mol. The molecule has 0 saturated carbocycles. The highest BCUT2D eigenvalue weighted by Gasteiger charge is 2.53. The number of nitrogens with one attached hydrogen (secondary N) is 1. The molecule has 19 nitrogen and oxygen atoms in total. The average Bonchev–Trinajstić information content (AvgIpc) is 3.39. The molecule has 17 unspecified atom stereocenters. The fourth-order valence-electron chi connectivity index (χ4n) is 9.28. The lowest BCUT2D eigenvalue weighted by Gasteiger charge is -2.48. The summed E-state index contributed by atoms with van der Waals surface area (Å²) in [6.07, 6.45) is 11.7. The molecule has 0 aliphatic carbocycles. The lowest BCUT2D eigenvalue weighted by Crippen LogP contribution is -2.66. The second-order valence-electron chi connectivity index (χ2n) is 20.0. The molecule has 3 saturated heterocycles. The van der Waals surface area contributed by atoms with E-state index in [-0.39, 0.29) is 18.9 Å². The van der Waals surface area contributed by atoms with Crippen molar-refractivity contribution in [2.24, 2.45) is 0 Å². The van der Waals surface area contributed by atoms with Crippen LogP contribution in [0, 0.1) is 0 Å². The molecule has 3 heterocycles. The number of aliphatic hydroxyl groups excluding tert-OH is 11. The van der Waals surface area contributed by atoms with E-state index < -0.39 is 124 Å². The van der Waals surface area contributed by atoms with Gasteiger partial charge < -0.3 is 89.9 Å². The Morgan fingerprint density at radius 3 is 1.37 bits per heavy atom. The Hall–Kier alpha value is -1.99. The van der Waals surface area contributed by atoms with Crippen LogP contribution in [0.3, 0.4) is 0 Å². The molecule has 12 N–H and O–H groups in total. The third-order valence-corrected chi connectivity index (χ3v) is 13.9. The lowest BCUT2D eigenvalue weighted by atomic mass is 9.96. The molecule has 3 aliphatic heterocycles. The molecule has 1 amide bonds. The number of hydrogen-bond donors (Lipinski definition) is 12. The van der Waals surface area contributed by atoms with Crippen LogP contribution in [0.1, 0.15) is 168 Å². The summed E-state index contributed by atoms with van der Waals surface area (Å²) >= 11 is 0. The third kappa shape index (κ3) is 23.7. The van der Waals surface area contributed by atoms with E-state index >= 15 is 0 Å². The van der Waals surface area contributed by atoms with E-state index in [9.17, 15) is 61.0 Å². The third-order valence-electron chi connectivity index (χ3n) is 13.9. The molecule has 0 aromatic heterocycles. The predicted octanol–water partition coefficient (Wildman–Crippen LogP) is 3.37. The van der Waals surface area contributed by atoms with Gasteiger partial charge in [0.25, 0.3) is 0 Å².